The lowest BCUT2D eigenvalue weighted by atomic mass is 9.88. The molecule has 2 aliphatic heterocycles. The number of benzene rings is 2. The minimum Gasteiger partial charge on any atom is -0.461 e. The standard InChI is InChI=1S/C33H26F8N8OS/c1-48(14-17-4-2-8-44-47-17)29-19-10-21(32(36,37)38)24(18-5-6-22(35)27-23(18)20(12-42)28(43)51-27)25(33(39,40)41)26(19)45-30(46-29)50-15-31-7-3-9-49(31)13-16(34)11-31/h2,4-6,8,10,16H,3,7,9,11,13-15,43H2,1H3/t16-,31+/m1/s1. The van der Waals surface area contributed by atoms with Crippen LogP contribution in [-0.2, 0) is 18.9 Å². The summed E-state index contributed by atoms with van der Waals surface area (Å²) in [6.45, 7) is 0.447. The Morgan fingerprint density at radius 3 is 2.63 bits per heavy atom. The Hall–Kier alpha value is -4.89. The van der Waals surface area contributed by atoms with E-state index in [-0.39, 0.29) is 41.6 Å². The fourth-order valence-corrected chi connectivity index (χ4v) is 8.21. The summed E-state index contributed by atoms with van der Waals surface area (Å²) in [5.41, 5.74) is -1.56. The summed E-state index contributed by atoms with van der Waals surface area (Å²) in [6.07, 6.45) is -9.22. The van der Waals surface area contributed by atoms with Gasteiger partial charge in [0.25, 0.3) is 0 Å². The van der Waals surface area contributed by atoms with Crippen molar-refractivity contribution in [3.05, 3.63) is 64.7 Å². The highest BCUT2D eigenvalue weighted by atomic mass is 32.1. The monoisotopic (exact) mass is 734 g/mol. The molecule has 2 N–H and O–H groups in total. The lowest BCUT2D eigenvalue weighted by Crippen LogP contribution is -2.43. The van der Waals surface area contributed by atoms with E-state index in [2.05, 4.69) is 20.2 Å². The van der Waals surface area contributed by atoms with Gasteiger partial charge in [-0.05, 0) is 49.2 Å². The van der Waals surface area contributed by atoms with Crippen molar-refractivity contribution in [1.29, 1.82) is 5.26 Å². The minimum atomic E-state index is -5.50. The lowest BCUT2D eigenvalue weighted by Gasteiger charge is -2.31. The van der Waals surface area contributed by atoms with Crippen LogP contribution < -0.4 is 15.4 Å². The Morgan fingerprint density at radius 2 is 1.94 bits per heavy atom. The largest absolute Gasteiger partial charge is 0.461 e. The number of halogens is 8. The summed E-state index contributed by atoms with van der Waals surface area (Å²) in [4.78, 5) is 11.6. The molecule has 2 atom stereocenters. The smallest absolute Gasteiger partial charge is 0.419 e. The van der Waals surface area contributed by atoms with Gasteiger partial charge in [-0.25, -0.2) is 8.78 Å². The molecule has 2 aliphatic rings. The number of anilines is 2. The van der Waals surface area contributed by atoms with E-state index in [9.17, 15) is 14.0 Å². The van der Waals surface area contributed by atoms with Gasteiger partial charge in [-0.3, -0.25) is 4.90 Å². The number of thiophene rings is 1. The lowest BCUT2D eigenvalue weighted by molar-refractivity contribution is -0.141. The molecule has 5 aromatic rings. The van der Waals surface area contributed by atoms with Crippen molar-refractivity contribution in [2.24, 2.45) is 0 Å². The molecular formula is C33H26F8N8OS. The number of fused-ring (bicyclic) bond motifs is 3. The molecule has 0 radical (unpaired) electrons. The van der Waals surface area contributed by atoms with Gasteiger partial charge in [-0.2, -0.15) is 51.8 Å². The second kappa shape index (κ2) is 12.4. The quantitative estimate of drug-likeness (QED) is 0.170. The molecule has 0 amide bonds. The van der Waals surface area contributed by atoms with E-state index in [1.165, 1.54) is 18.1 Å². The van der Waals surface area contributed by atoms with Gasteiger partial charge in [0.05, 0.1) is 44.7 Å². The summed E-state index contributed by atoms with van der Waals surface area (Å²) in [7, 11) is 1.40. The van der Waals surface area contributed by atoms with Crippen molar-refractivity contribution in [3.63, 3.8) is 0 Å². The first kappa shape index (κ1) is 34.6. The average molecular weight is 735 g/mol. The number of rotatable bonds is 7. The third-order valence-electron chi connectivity index (χ3n) is 9.36. The molecule has 9 nitrogen and oxygen atoms in total. The van der Waals surface area contributed by atoms with Gasteiger partial charge in [0.15, 0.2) is 0 Å². The number of hydrogen-bond acceptors (Lipinski definition) is 10. The predicted octanol–water partition coefficient (Wildman–Crippen LogP) is 7.52. The van der Waals surface area contributed by atoms with E-state index in [1.807, 2.05) is 4.90 Å². The normalized spacial score (nSPS) is 19.5. The van der Waals surface area contributed by atoms with Crippen LogP contribution >= 0.6 is 11.3 Å². The molecule has 18 heteroatoms. The zero-order valence-electron chi connectivity index (χ0n) is 26.5. The van der Waals surface area contributed by atoms with Crippen molar-refractivity contribution in [1.82, 2.24) is 25.1 Å². The van der Waals surface area contributed by atoms with Gasteiger partial charge in [-0.15, -0.1) is 11.3 Å². The Labute approximate surface area is 288 Å². The molecule has 2 fully saturated rings. The molecule has 0 saturated carbocycles. The summed E-state index contributed by atoms with van der Waals surface area (Å²) < 4.78 is 127. The van der Waals surface area contributed by atoms with Crippen LogP contribution in [0, 0.1) is 17.1 Å². The van der Waals surface area contributed by atoms with Gasteiger partial charge in [-0.1, -0.05) is 6.07 Å². The number of nitrogens with two attached hydrogens (primary N) is 1. The maximum atomic E-state index is 15.5. The molecular weight excluding hydrogens is 708 g/mol. The summed E-state index contributed by atoms with van der Waals surface area (Å²) >= 11 is 0.528. The van der Waals surface area contributed by atoms with Crippen LogP contribution in [0.1, 0.15) is 41.6 Å². The molecule has 0 bridgehead atoms. The maximum absolute atomic E-state index is 15.5. The van der Waals surface area contributed by atoms with E-state index in [0.29, 0.717) is 36.1 Å². The zero-order chi connectivity index (χ0) is 36.5. The molecule has 51 heavy (non-hydrogen) atoms. The van der Waals surface area contributed by atoms with Crippen LogP contribution in [0.15, 0.2) is 36.5 Å². The molecule has 5 heterocycles. The van der Waals surface area contributed by atoms with Crippen LogP contribution in [0.3, 0.4) is 0 Å². The fourth-order valence-electron chi connectivity index (χ4n) is 7.26. The van der Waals surface area contributed by atoms with E-state index >= 15 is 26.3 Å². The molecule has 0 aliphatic carbocycles. The van der Waals surface area contributed by atoms with Crippen LogP contribution in [0.5, 0.6) is 6.01 Å². The van der Waals surface area contributed by atoms with Crippen molar-refractivity contribution >= 4 is 43.1 Å². The molecule has 7 rings (SSSR count). The molecule has 0 unspecified atom stereocenters. The summed E-state index contributed by atoms with van der Waals surface area (Å²) in [5.74, 6) is -1.33. The van der Waals surface area contributed by atoms with Crippen molar-refractivity contribution in [3.8, 4) is 23.2 Å². The number of ether oxygens (including phenoxy) is 1. The van der Waals surface area contributed by atoms with Gasteiger partial charge in [0.2, 0.25) is 0 Å². The highest BCUT2D eigenvalue weighted by Crippen LogP contribution is 2.52. The summed E-state index contributed by atoms with van der Waals surface area (Å²) in [5, 5.41) is 16.2. The Balaban J connectivity index is 1.53. The average Bonchev–Trinajstić information content (AvgIpc) is 3.71. The third kappa shape index (κ3) is 6.01. The molecule has 266 valence electrons. The van der Waals surface area contributed by atoms with E-state index < -0.39 is 80.0 Å². The first-order valence-electron chi connectivity index (χ1n) is 15.5. The van der Waals surface area contributed by atoms with Crippen LogP contribution in [0.4, 0.5) is 45.9 Å². The van der Waals surface area contributed by atoms with E-state index in [1.54, 1.807) is 18.2 Å². The Kier molecular flexibility index (Phi) is 8.41. The third-order valence-corrected chi connectivity index (χ3v) is 10.4. The van der Waals surface area contributed by atoms with E-state index in [0.717, 1.165) is 18.6 Å². The van der Waals surface area contributed by atoms with Crippen LogP contribution in [0.2, 0.25) is 0 Å². The molecule has 0 spiro atoms. The number of hydrogen-bond donors (Lipinski definition) is 1. The van der Waals surface area contributed by atoms with Gasteiger partial charge < -0.3 is 15.4 Å². The first-order valence-corrected chi connectivity index (χ1v) is 16.4. The first-order chi connectivity index (χ1) is 24.1. The number of nitriles is 1. The number of aromatic nitrogens is 4. The van der Waals surface area contributed by atoms with Crippen molar-refractivity contribution in [2.45, 2.75) is 49.9 Å². The Morgan fingerprint density at radius 1 is 1.16 bits per heavy atom. The topological polar surface area (TPSA) is 117 Å². The minimum absolute atomic E-state index is 0.123. The van der Waals surface area contributed by atoms with E-state index in [4.69, 9.17) is 10.5 Å². The van der Waals surface area contributed by atoms with Crippen LogP contribution in [0.25, 0.3) is 32.1 Å². The molecule has 2 saturated heterocycles. The number of alkyl halides is 7. The fraction of sp³-hybridized carbons (Fsp3) is 0.364. The van der Waals surface area contributed by atoms with Crippen molar-refractivity contribution in [2.75, 3.05) is 37.4 Å². The Bertz CT molecular complexity index is 2200. The highest BCUT2D eigenvalue weighted by molar-refractivity contribution is 7.23. The zero-order valence-corrected chi connectivity index (χ0v) is 27.4. The van der Waals surface area contributed by atoms with Gasteiger partial charge in [0, 0.05) is 42.5 Å². The summed E-state index contributed by atoms with van der Waals surface area (Å²) in [6, 6.07) is 6.22. The maximum Gasteiger partial charge on any atom is 0.419 e. The van der Waals surface area contributed by atoms with Gasteiger partial charge >= 0.3 is 18.4 Å². The SMILES string of the molecule is CN(Cc1cccnn1)c1nc(OC[C@@]23CCCN2C[C@H](F)C3)nc2c(C(F)(F)F)c(-c3ccc(F)c4sc(N)c(C#N)c34)c(C(F)(F)F)cc12. The van der Waals surface area contributed by atoms with Crippen molar-refractivity contribution < 1.29 is 39.9 Å². The molecule has 2 aromatic carbocycles. The van der Waals surface area contributed by atoms with Gasteiger partial charge in [0.1, 0.15) is 35.5 Å². The number of nitrogens with zero attached hydrogens (tertiary/aromatic N) is 7. The highest BCUT2D eigenvalue weighted by Gasteiger charge is 2.50. The molecule has 3 aromatic heterocycles. The second-order valence-corrected chi connectivity index (χ2v) is 13.6. The predicted molar refractivity (Wildman–Crippen MR) is 172 cm³/mol. The number of nitrogen functional groups attached to an aromatic ring is 1. The second-order valence-electron chi connectivity index (χ2n) is 12.6. The van der Waals surface area contributed by atoms with Crippen LogP contribution in [-0.4, -0.2) is 63.5 Å².